The van der Waals surface area contributed by atoms with Gasteiger partial charge < -0.3 is 84.8 Å². The van der Waals surface area contributed by atoms with Crippen LogP contribution in [0.5, 0.6) is 0 Å². The number of primary amides is 1. The van der Waals surface area contributed by atoms with Crippen LogP contribution in [0.3, 0.4) is 0 Å². The number of aliphatic carboxylic acids is 2. The molecule has 10 amide bonds. The smallest absolute Gasteiger partial charge is 0.326 e. The molecule has 0 spiro atoms. The number of rotatable bonds is 36. The van der Waals surface area contributed by atoms with Gasteiger partial charge in [-0.1, -0.05) is 100 Å². The van der Waals surface area contributed by atoms with Crippen LogP contribution in [0.4, 0.5) is 0 Å². The van der Waals surface area contributed by atoms with Gasteiger partial charge in [-0.25, -0.2) is 4.79 Å². The second-order valence-electron chi connectivity index (χ2n) is 24.7. The molecule has 29 heteroatoms. The minimum atomic E-state index is -1.96. The number of hydrogen-bond acceptors (Lipinski definition) is 15. The van der Waals surface area contributed by atoms with Gasteiger partial charge in [-0.3, -0.25) is 52.7 Å². The molecule has 0 aliphatic carbocycles. The van der Waals surface area contributed by atoms with E-state index in [2.05, 4.69) is 52.5 Å². The standard InChI is InChI=1S/C67H86N14O14S/c1-36(2)27-47(74-58(85)46(22-12-24-68)73-65(92)57(70)37(3)4)59(86)79-52(31-41-17-14-26-96-41)66(93)81-25-13-23-54(81)64(91)78-49(29-39-34-71-44-20-10-8-18-42(39)44)61(88)75-48(28-38-15-6-5-7-16-38)60(87)76-50(32-55(69)82)62(89)77-51(33-56(83)84)63(90)80-53(67(94)95)30-40-35-72-45-21-11-9-19-43(40)45/h5-11,14-21,26,34-37,46-54,57,71-72H,12-13,22-25,27-33,68,70H2,1-4H3,(H2,69,82)(H,73,92)(H,74,85)(H,75,88)(H,76,87)(H,77,89)(H,78,91)(H,79,86)(H,80,90)(H,83,84)(H,94,95)/t46-,47-,48-,49-,50-,51-,52-,53-,54-,57-/m0/s1. The van der Waals surface area contributed by atoms with E-state index in [9.17, 15) is 58.2 Å². The van der Waals surface area contributed by atoms with Gasteiger partial charge in [0.05, 0.1) is 18.9 Å². The molecular formula is C67H86N14O14S. The van der Waals surface area contributed by atoms with Crippen molar-refractivity contribution in [3.8, 4) is 0 Å². The van der Waals surface area contributed by atoms with Crippen LogP contribution in [0.1, 0.15) is 94.2 Å². The van der Waals surface area contributed by atoms with Crippen LogP contribution in [-0.2, 0) is 83.2 Å². The zero-order valence-electron chi connectivity index (χ0n) is 53.9. The summed E-state index contributed by atoms with van der Waals surface area (Å²) in [6.07, 6.45) is 1.65. The number of likely N-dealkylation sites (tertiary alicyclic amines) is 1. The molecule has 0 unspecified atom stereocenters. The summed E-state index contributed by atoms with van der Waals surface area (Å²) in [6.45, 7) is 7.51. The van der Waals surface area contributed by atoms with E-state index in [0.29, 0.717) is 56.2 Å². The van der Waals surface area contributed by atoms with E-state index in [4.69, 9.17) is 17.2 Å². The van der Waals surface area contributed by atoms with Gasteiger partial charge in [0.1, 0.15) is 54.4 Å². The average Bonchev–Trinajstić information content (AvgIpc) is 1.60. The number of fused-ring (bicyclic) bond motifs is 2. The van der Waals surface area contributed by atoms with Crippen molar-refractivity contribution in [1.82, 2.24) is 57.4 Å². The maximum absolute atomic E-state index is 15.1. The van der Waals surface area contributed by atoms with Gasteiger partial charge in [0, 0.05) is 71.3 Å². The molecule has 3 aromatic heterocycles. The molecule has 1 aliphatic heterocycles. The molecule has 3 aromatic carbocycles. The van der Waals surface area contributed by atoms with Crippen LogP contribution in [0, 0.1) is 11.8 Å². The Morgan fingerprint density at radius 1 is 0.562 bits per heavy atom. The monoisotopic (exact) mass is 1340 g/mol. The summed E-state index contributed by atoms with van der Waals surface area (Å²) in [4.78, 5) is 175. The van der Waals surface area contributed by atoms with Crippen LogP contribution in [0.2, 0.25) is 0 Å². The van der Waals surface area contributed by atoms with Crippen molar-refractivity contribution in [2.75, 3.05) is 13.1 Å². The number of nitrogens with zero attached hydrogens (tertiary/aromatic N) is 1. The number of H-pyrrole nitrogens is 2. The van der Waals surface area contributed by atoms with Gasteiger partial charge in [-0.05, 0) is 90.8 Å². The van der Waals surface area contributed by atoms with Crippen molar-refractivity contribution in [2.45, 2.75) is 159 Å². The molecule has 7 rings (SSSR count). The van der Waals surface area contributed by atoms with Crippen molar-refractivity contribution < 1.29 is 67.7 Å². The van der Waals surface area contributed by atoms with Crippen LogP contribution < -0.4 is 59.7 Å². The van der Waals surface area contributed by atoms with Crippen LogP contribution in [-0.4, -0.2) is 170 Å². The Hall–Kier alpha value is -10.0. The lowest BCUT2D eigenvalue weighted by molar-refractivity contribution is -0.144. The van der Waals surface area contributed by atoms with Gasteiger partial charge in [-0.2, -0.15) is 0 Å². The van der Waals surface area contributed by atoms with Crippen molar-refractivity contribution in [1.29, 1.82) is 0 Å². The normalized spacial score (nSPS) is 15.8. The quantitative estimate of drug-likeness (QED) is 0.0261. The van der Waals surface area contributed by atoms with E-state index in [-0.39, 0.29) is 69.9 Å². The zero-order chi connectivity index (χ0) is 69.8. The van der Waals surface area contributed by atoms with Gasteiger partial charge >= 0.3 is 11.9 Å². The highest BCUT2D eigenvalue weighted by molar-refractivity contribution is 7.09. The fraction of sp³-hybridized carbons (Fsp3) is 0.433. The Morgan fingerprint density at radius 2 is 1.06 bits per heavy atom. The first-order chi connectivity index (χ1) is 45.8. The lowest BCUT2D eigenvalue weighted by atomic mass is 10.00. The summed E-state index contributed by atoms with van der Waals surface area (Å²) in [5, 5.41) is 44.1. The fourth-order valence-electron chi connectivity index (χ4n) is 11.4. The molecule has 18 N–H and O–H groups in total. The molecule has 10 atom stereocenters. The number of hydrogen-bond donors (Lipinski definition) is 15. The Bertz CT molecular complexity index is 3730. The summed E-state index contributed by atoms with van der Waals surface area (Å²) in [5.74, 6) is -12.3. The predicted octanol–water partition coefficient (Wildman–Crippen LogP) is 1.05. The zero-order valence-corrected chi connectivity index (χ0v) is 54.7. The van der Waals surface area contributed by atoms with Crippen molar-refractivity contribution >= 4 is 104 Å². The molecule has 1 aliphatic rings. The highest BCUT2D eigenvalue weighted by Crippen LogP contribution is 2.25. The number of benzene rings is 3. The lowest BCUT2D eigenvalue weighted by Gasteiger charge is -2.31. The number of thiophene rings is 1. The Morgan fingerprint density at radius 3 is 1.61 bits per heavy atom. The van der Waals surface area contributed by atoms with Crippen molar-refractivity contribution in [2.24, 2.45) is 29.0 Å². The first-order valence-corrected chi connectivity index (χ1v) is 32.8. The van der Waals surface area contributed by atoms with Crippen molar-refractivity contribution in [3.05, 3.63) is 130 Å². The minimum Gasteiger partial charge on any atom is -0.481 e. The number of nitrogens with two attached hydrogens (primary N) is 3. The van der Waals surface area contributed by atoms with Gasteiger partial charge in [0.2, 0.25) is 59.1 Å². The third-order valence-corrected chi connectivity index (χ3v) is 17.4. The number of aromatic nitrogens is 2. The molecule has 6 aromatic rings. The SMILES string of the molecule is CC(C)C[C@H](NC(=O)[C@H](CCCN)NC(=O)[C@@H](N)C(C)C)C(=O)N[C@@H](Cc1cccs1)C(=O)N1CCC[C@H]1C(=O)N[C@@H](Cc1c[nH]c2ccccc12)C(=O)N[C@@H](Cc1ccccc1)C(=O)N[C@@H](CC(N)=O)C(=O)N[C@@H](CC(=O)O)C(=O)N[C@@H](Cc1c[nH]c2ccccc12)C(=O)O. The molecule has 0 saturated carbocycles. The Labute approximate surface area is 558 Å². The summed E-state index contributed by atoms with van der Waals surface area (Å²) in [5.41, 5.74) is 20.5. The summed E-state index contributed by atoms with van der Waals surface area (Å²) in [7, 11) is 0. The molecule has 514 valence electrons. The molecule has 1 saturated heterocycles. The minimum absolute atomic E-state index is 0.00527. The number of amides is 10. The molecule has 0 bridgehead atoms. The summed E-state index contributed by atoms with van der Waals surface area (Å²) in [6, 6.07) is 11.8. The largest absolute Gasteiger partial charge is 0.481 e. The topological polar surface area (TPSA) is 454 Å². The van der Waals surface area contributed by atoms with Gasteiger partial charge in [0.15, 0.2) is 0 Å². The molecule has 96 heavy (non-hydrogen) atoms. The molecule has 28 nitrogen and oxygen atoms in total. The maximum atomic E-state index is 15.1. The molecule has 1 fully saturated rings. The predicted molar refractivity (Wildman–Crippen MR) is 357 cm³/mol. The second kappa shape index (κ2) is 34.9. The Balaban J connectivity index is 1.13. The third kappa shape index (κ3) is 20.7. The van der Waals surface area contributed by atoms with Crippen LogP contribution >= 0.6 is 11.3 Å². The van der Waals surface area contributed by atoms with E-state index < -0.39 is 144 Å². The average molecular weight is 1340 g/mol. The van der Waals surface area contributed by atoms with Gasteiger partial charge in [0.25, 0.3) is 0 Å². The number of aromatic amines is 2. The molecule has 0 radical (unpaired) electrons. The second-order valence-corrected chi connectivity index (χ2v) is 25.7. The van der Waals surface area contributed by atoms with E-state index in [1.807, 2.05) is 13.8 Å². The maximum Gasteiger partial charge on any atom is 0.326 e. The number of carboxylic acid groups (broad SMARTS) is 2. The Kier molecular flexibility index (Phi) is 26.7. The van der Waals surface area contributed by atoms with E-state index in [1.165, 1.54) is 16.2 Å². The number of carbonyl (C=O) groups is 12. The van der Waals surface area contributed by atoms with E-state index in [1.54, 1.807) is 123 Å². The first-order valence-electron chi connectivity index (χ1n) is 31.9. The fourth-order valence-corrected chi connectivity index (χ4v) is 12.2. The number of carbonyl (C=O) groups excluding carboxylic acids is 10. The van der Waals surface area contributed by atoms with E-state index in [0.717, 1.165) is 0 Å². The highest BCUT2D eigenvalue weighted by Gasteiger charge is 2.42. The lowest BCUT2D eigenvalue weighted by Crippen LogP contribution is -2.61. The number of carboxylic acids is 2. The summed E-state index contributed by atoms with van der Waals surface area (Å²) >= 11 is 1.33. The first kappa shape index (κ1) is 73.4. The van der Waals surface area contributed by atoms with E-state index >= 15 is 9.59 Å². The van der Waals surface area contributed by atoms with Crippen molar-refractivity contribution in [3.63, 3.8) is 0 Å². The molecule has 4 heterocycles. The third-order valence-electron chi connectivity index (χ3n) is 16.5. The van der Waals surface area contributed by atoms with Crippen LogP contribution in [0.25, 0.3) is 21.8 Å². The summed E-state index contributed by atoms with van der Waals surface area (Å²) < 4.78 is 0. The number of para-hydroxylation sites is 2. The highest BCUT2D eigenvalue weighted by atomic mass is 32.1. The molecular weight excluding hydrogens is 1260 g/mol. The number of nitrogens with one attached hydrogen (secondary N) is 10. The van der Waals surface area contributed by atoms with Gasteiger partial charge in [-0.15, -0.1) is 11.3 Å². The van der Waals surface area contributed by atoms with Crippen LogP contribution in [0.15, 0.2) is 109 Å².